The third-order valence-electron chi connectivity index (χ3n) is 3.44. The van der Waals surface area contributed by atoms with Crippen molar-refractivity contribution in [2.75, 3.05) is 19.5 Å². The molecule has 0 aliphatic carbocycles. The molecule has 2 aromatic rings. The van der Waals surface area contributed by atoms with Crippen molar-refractivity contribution in [3.63, 3.8) is 0 Å². The highest BCUT2D eigenvalue weighted by atomic mass is 79.9. The summed E-state index contributed by atoms with van der Waals surface area (Å²) in [5, 5.41) is 7.32. The molecule has 0 amide bonds. The molecule has 0 aromatic heterocycles. The van der Waals surface area contributed by atoms with E-state index < -0.39 is 0 Å². The average Bonchev–Trinajstić information content (AvgIpc) is 2.56. The van der Waals surface area contributed by atoms with Gasteiger partial charge in [-0.2, -0.15) is 0 Å². The number of rotatable bonds is 5. The van der Waals surface area contributed by atoms with Crippen LogP contribution in [0.25, 0.3) is 0 Å². The lowest BCUT2D eigenvalue weighted by Gasteiger charge is -2.19. The van der Waals surface area contributed by atoms with Gasteiger partial charge < -0.3 is 20.1 Å². The van der Waals surface area contributed by atoms with Crippen molar-refractivity contribution in [3.8, 4) is 11.5 Å². The first-order valence-electron chi connectivity index (χ1n) is 7.19. The van der Waals surface area contributed by atoms with Gasteiger partial charge in [-0.25, -0.2) is 0 Å². The number of thiocarbonyl (C=S) groups is 1. The Labute approximate surface area is 160 Å². The number of nitrogens with one attached hydrogen (secondary N) is 2. The average molecular weight is 430 g/mol. The molecule has 0 heterocycles. The molecule has 4 nitrogen and oxygen atoms in total. The molecule has 0 aliphatic heterocycles. The molecule has 0 saturated carbocycles. The van der Waals surface area contributed by atoms with Crippen LogP contribution >= 0.6 is 39.7 Å². The van der Waals surface area contributed by atoms with E-state index in [1.807, 2.05) is 31.2 Å². The summed E-state index contributed by atoms with van der Waals surface area (Å²) in [7, 11) is 3.13. The van der Waals surface area contributed by atoms with Gasteiger partial charge in [0.25, 0.3) is 0 Å². The number of methoxy groups -OCH3 is 2. The quantitative estimate of drug-likeness (QED) is 0.642. The third-order valence-corrected chi connectivity index (χ3v) is 4.48. The minimum Gasteiger partial charge on any atom is -0.495 e. The summed E-state index contributed by atoms with van der Waals surface area (Å²) in [6.07, 6.45) is 0. The first kappa shape index (κ1) is 18.8. The largest absolute Gasteiger partial charge is 0.495 e. The van der Waals surface area contributed by atoms with Crippen molar-refractivity contribution in [3.05, 3.63) is 51.5 Å². The minimum absolute atomic E-state index is 0.0540. The molecule has 128 valence electrons. The molecule has 0 fully saturated rings. The smallest absolute Gasteiger partial charge is 0.171 e. The third kappa shape index (κ3) is 4.75. The van der Waals surface area contributed by atoms with Crippen molar-refractivity contribution in [2.45, 2.75) is 13.0 Å². The summed E-state index contributed by atoms with van der Waals surface area (Å²) < 4.78 is 11.6. The maximum Gasteiger partial charge on any atom is 0.171 e. The predicted octanol–water partition coefficient (Wildman–Crippen LogP) is 5.17. The fourth-order valence-corrected chi connectivity index (χ4v) is 2.93. The maximum atomic E-state index is 6.11. The summed E-state index contributed by atoms with van der Waals surface area (Å²) in [6, 6.07) is 11.6. The normalized spacial score (nSPS) is 11.5. The van der Waals surface area contributed by atoms with Crippen molar-refractivity contribution >= 4 is 50.5 Å². The lowest BCUT2D eigenvalue weighted by molar-refractivity contribution is 0.405. The molecular weight excluding hydrogens is 412 g/mol. The Morgan fingerprint density at radius 2 is 1.75 bits per heavy atom. The highest BCUT2D eigenvalue weighted by Gasteiger charge is 2.13. The van der Waals surface area contributed by atoms with Crippen LogP contribution in [0.3, 0.4) is 0 Å². The van der Waals surface area contributed by atoms with Gasteiger partial charge in [0.2, 0.25) is 0 Å². The number of hydrogen-bond acceptors (Lipinski definition) is 3. The standard InChI is InChI=1S/C17H18BrClN2O2S/c1-10(11-4-6-12(18)7-5-11)20-17(24)21-14-9-15(22-2)13(19)8-16(14)23-3/h4-10H,1-3H3,(H2,20,21,24). The van der Waals surface area contributed by atoms with Gasteiger partial charge in [-0.3, -0.25) is 0 Å². The predicted molar refractivity (Wildman–Crippen MR) is 106 cm³/mol. The van der Waals surface area contributed by atoms with Gasteiger partial charge in [0.1, 0.15) is 11.5 Å². The van der Waals surface area contributed by atoms with Crippen molar-refractivity contribution in [1.82, 2.24) is 5.32 Å². The molecule has 2 aromatic carbocycles. The summed E-state index contributed by atoms with van der Waals surface area (Å²) in [4.78, 5) is 0. The van der Waals surface area contributed by atoms with E-state index in [0.29, 0.717) is 27.3 Å². The molecule has 1 unspecified atom stereocenters. The molecule has 0 radical (unpaired) electrons. The molecule has 24 heavy (non-hydrogen) atoms. The van der Waals surface area contributed by atoms with E-state index in [-0.39, 0.29) is 6.04 Å². The van der Waals surface area contributed by atoms with Crippen LogP contribution in [0.2, 0.25) is 5.02 Å². The second-order valence-electron chi connectivity index (χ2n) is 5.06. The van der Waals surface area contributed by atoms with Crippen LogP contribution in [0, 0.1) is 0 Å². The zero-order valence-electron chi connectivity index (χ0n) is 13.5. The molecule has 0 aliphatic rings. The first-order chi connectivity index (χ1) is 11.4. The Kier molecular flexibility index (Phi) is 6.71. The van der Waals surface area contributed by atoms with E-state index in [2.05, 4.69) is 26.6 Å². The van der Waals surface area contributed by atoms with E-state index in [4.69, 9.17) is 33.3 Å². The monoisotopic (exact) mass is 428 g/mol. The second kappa shape index (κ2) is 8.55. The minimum atomic E-state index is 0.0540. The number of ether oxygens (including phenoxy) is 2. The van der Waals surface area contributed by atoms with Crippen LogP contribution in [0.4, 0.5) is 5.69 Å². The molecule has 2 rings (SSSR count). The summed E-state index contributed by atoms with van der Waals surface area (Å²) >= 11 is 14.9. The van der Waals surface area contributed by atoms with Gasteiger partial charge in [-0.1, -0.05) is 39.7 Å². The summed E-state index contributed by atoms with van der Waals surface area (Å²) in [5.41, 5.74) is 1.81. The molecule has 0 saturated heterocycles. The number of benzene rings is 2. The highest BCUT2D eigenvalue weighted by Crippen LogP contribution is 2.35. The van der Waals surface area contributed by atoms with Crippen LogP contribution in [-0.4, -0.2) is 19.3 Å². The molecule has 1 atom stereocenters. The zero-order chi connectivity index (χ0) is 17.7. The van der Waals surface area contributed by atoms with Crippen molar-refractivity contribution in [1.29, 1.82) is 0 Å². The van der Waals surface area contributed by atoms with Crippen LogP contribution in [-0.2, 0) is 0 Å². The van der Waals surface area contributed by atoms with Crippen LogP contribution in [0.15, 0.2) is 40.9 Å². The van der Waals surface area contributed by atoms with Gasteiger partial charge in [0, 0.05) is 16.6 Å². The Bertz CT molecular complexity index is 725. The first-order valence-corrected chi connectivity index (χ1v) is 8.77. The lowest BCUT2D eigenvalue weighted by Crippen LogP contribution is -2.31. The molecule has 0 spiro atoms. The Hall–Kier alpha value is -1.50. The molecule has 2 N–H and O–H groups in total. The van der Waals surface area contributed by atoms with Crippen molar-refractivity contribution in [2.24, 2.45) is 0 Å². The second-order valence-corrected chi connectivity index (χ2v) is 6.79. The van der Waals surface area contributed by atoms with Gasteiger partial charge >= 0.3 is 0 Å². The van der Waals surface area contributed by atoms with E-state index >= 15 is 0 Å². The fourth-order valence-electron chi connectivity index (χ4n) is 2.15. The van der Waals surface area contributed by atoms with Crippen LogP contribution < -0.4 is 20.1 Å². The van der Waals surface area contributed by atoms with Gasteiger partial charge in [0.15, 0.2) is 5.11 Å². The van der Waals surface area contributed by atoms with E-state index in [0.717, 1.165) is 10.0 Å². The molecule has 7 heteroatoms. The van der Waals surface area contributed by atoms with Gasteiger partial charge in [-0.15, -0.1) is 0 Å². The van der Waals surface area contributed by atoms with Crippen molar-refractivity contribution < 1.29 is 9.47 Å². The summed E-state index contributed by atoms with van der Waals surface area (Å²) in [6.45, 7) is 2.04. The Balaban J connectivity index is 2.10. The number of anilines is 1. The van der Waals surface area contributed by atoms with Gasteiger partial charge in [0.05, 0.1) is 31.0 Å². The fraction of sp³-hybridized carbons (Fsp3) is 0.235. The van der Waals surface area contributed by atoms with Crippen LogP contribution in [0.1, 0.15) is 18.5 Å². The number of hydrogen-bond donors (Lipinski definition) is 2. The molecular formula is C17H18BrClN2O2S. The van der Waals surface area contributed by atoms with Gasteiger partial charge in [-0.05, 0) is 36.8 Å². The Morgan fingerprint density at radius 1 is 1.12 bits per heavy atom. The van der Waals surface area contributed by atoms with E-state index in [1.165, 1.54) is 0 Å². The zero-order valence-corrected chi connectivity index (χ0v) is 16.7. The highest BCUT2D eigenvalue weighted by molar-refractivity contribution is 9.10. The SMILES string of the molecule is COc1cc(NC(=S)NC(C)c2ccc(Br)cc2)c(OC)cc1Cl. The summed E-state index contributed by atoms with van der Waals surface area (Å²) in [5.74, 6) is 1.13. The van der Waals surface area contributed by atoms with E-state index in [9.17, 15) is 0 Å². The van der Waals surface area contributed by atoms with E-state index in [1.54, 1.807) is 26.4 Å². The maximum absolute atomic E-state index is 6.11. The Morgan fingerprint density at radius 3 is 2.33 bits per heavy atom. The van der Waals surface area contributed by atoms with Crippen LogP contribution in [0.5, 0.6) is 11.5 Å². The topological polar surface area (TPSA) is 42.5 Å². The molecule has 0 bridgehead atoms. The lowest BCUT2D eigenvalue weighted by atomic mass is 10.1. The number of halogens is 2.